The molecule has 0 amide bonds. The summed E-state index contributed by atoms with van der Waals surface area (Å²) in [7, 11) is 0. The zero-order valence-corrected chi connectivity index (χ0v) is 12.8. The van der Waals surface area contributed by atoms with Gasteiger partial charge < -0.3 is 9.64 Å². The molecule has 0 spiro atoms. The number of nitrogens with zero attached hydrogens (tertiary/aromatic N) is 4. The Labute approximate surface area is 129 Å². The molecular formula is C13H12ClFN4OS. The van der Waals surface area contributed by atoms with Crippen molar-refractivity contribution >= 4 is 40.1 Å². The highest BCUT2D eigenvalue weighted by Crippen LogP contribution is 2.40. The molecule has 110 valence electrons. The lowest BCUT2D eigenvalue weighted by Crippen LogP contribution is -2.33. The summed E-state index contributed by atoms with van der Waals surface area (Å²) in [6, 6.07) is 0.244. The molecule has 0 aliphatic carbocycles. The van der Waals surface area contributed by atoms with Crippen LogP contribution in [0.3, 0.4) is 0 Å². The van der Waals surface area contributed by atoms with Gasteiger partial charge in [0.25, 0.3) is 0 Å². The van der Waals surface area contributed by atoms with Crippen molar-refractivity contribution in [2.24, 2.45) is 0 Å². The number of hydrogen-bond donors (Lipinski definition) is 0. The number of halogens is 2. The average molecular weight is 327 g/mol. The SMILES string of the molecule is CSc1nc2c3c(nc(Cl)c(F)c3n1)OC[C@H]1CCCN21. The van der Waals surface area contributed by atoms with E-state index >= 15 is 0 Å². The van der Waals surface area contributed by atoms with Gasteiger partial charge in [-0.05, 0) is 19.1 Å². The molecule has 0 N–H and O–H groups in total. The molecule has 0 radical (unpaired) electrons. The minimum absolute atomic E-state index is 0.187. The smallest absolute Gasteiger partial charge is 0.228 e. The summed E-state index contributed by atoms with van der Waals surface area (Å²) in [4.78, 5) is 15.0. The minimum Gasteiger partial charge on any atom is -0.475 e. The summed E-state index contributed by atoms with van der Waals surface area (Å²) in [5.41, 5.74) is 0.187. The maximum Gasteiger partial charge on any atom is 0.228 e. The van der Waals surface area contributed by atoms with Crippen LogP contribution in [-0.2, 0) is 0 Å². The highest BCUT2D eigenvalue weighted by molar-refractivity contribution is 7.98. The Kier molecular flexibility index (Phi) is 3.08. The van der Waals surface area contributed by atoms with E-state index in [2.05, 4.69) is 19.9 Å². The number of thioether (sulfide) groups is 1. The zero-order valence-electron chi connectivity index (χ0n) is 11.3. The van der Waals surface area contributed by atoms with Gasteiger partial charge in [0.15, 0.2) is 16.1 Å². The second-order valence-electron chi connectivity index (χ2n) is 5.08. The first kappa shape index (κ1) is 13.3. The molecule has 1 fully saturated rings. The second kappa shape index (κ2) is 4.84. The van der Waals surface area contributed by atoms with Crippen molar-refractivity contribution in [1.82, 2.24) is 15.0 Å². The van der Waals surface area contributed by atoms with Crippen molar-refractivity contribution in [2.75, 3.05) is 24.3 Å². The Balaban J connectivity index is 2.09. The molecule has 2 aliphatic heterocycles. The van der Waals surface area contributed by atoms with Crippen LogP contribution in [0, 0.1) is 5.82 Å². The van der Waals surface area contributed by atoms with Crippen LogP contribution in [-0.4, -0.2) is 40.4 Å². The van der Waals surface area contributed by atoms with Crippen molar-refractivity contribution in [2.45, 2.75) is 24.0 Å². The molecule has 4 rings (SSSR count). The molecule has 2 aliphatic rings. The van der Waals surface area contributed by atoms with E-state index in [-0.39, 0.29) is 16.7 Å². The van der Waals surface area contributed by atoms with Crippen LogP contribution in [0.5, 0.6) is 5.88 Å². The highest BCUT2D eigenvalue weighted by atomic mass is 35.5. The number of ether oxygens (including phenoxy) is 1. The molecule has 5 nitrogen and oxygen atoms in total. The van der Waals surface area contributed by atoms with E-state index in [4.69, 9.17) is 16.3 Å². The largest absolute Gasteiger partial charge is 0.475 e. The fourth-order valence-electron chi connectivity index (χ4n) is 2.94. The third-order valence-electron chi connectivity index (χ3n) is 3.92. The van der Waals surface area contributed by atoms with Crippen LogP contribution < -0.4 is 9.64 Å². The van der Waals surface area contributed by atoms with Crippen molar-refractivity contribution in [3.05, 3.63) is 11.0 Å². The van der Waals surface area contributed by atoms with E-state index in [1.165, 1.54) is 11.8 Å². The van der Waals surface area contributed by atoms with Crippen LogP contribution >= 0.6 is 23.4 Å². The van der Waals surface area contributed by atoms with Crippen molar-refractivity contribution in [1.29, 1.82) is 0 Å². The Morgan fingerprint density at radius 3 is 3.05 bits per heavy atom. The topological polar surface area (TPSA) is 51.1 Å². The lowest BCUT2D eigenvalue weighted by atomic mass is 10.2. The fourth-order valence-corrected chi connectivity index (χ4v) is 3.47. The van der Waals surface area contributed by atoms with E-state index in [1.54, 1.807) is 0 Å². The Bertz CT molecular complexity index is 744. The van der Waals surface area contributed by atoms with Gasteiger partial charge in [-0.2, -0.15) is 4.98 Å². The van der Waals surface area contributed by atoms with Crippen molar-refractivity contribution < 1.29 is 9.13 Å². The molecular weight excluding hydrogens is 315 g/mol. The zero-order chi connectivity index (χ0) is 14.6. The van der Waals surface area contributed by atoms with Crippen LogP contribution in [0.4, 0.5) is 10.2 Å². The monoisotopic (exact) mass is 326 g/mol. The van der Waals surface area contributed by atoms with Crippen LogP contribution in [0.25, 0.3) is 10.9 Å². The first-order valence-corrected chi connectivity index (χ1v) is 8.29. The predicted molar refractivity (Wildman–Crippen MR) is 79.9 cm³/mol. The first-order valence-electron chi connectivity index (χ1n) is 6.69. The summed E-state index contributed by atoms with van der Waals surface area (Å²) < 4.78 is 20.1. The summed E-state index contributed by atoms with van der Waals surface area (Å²) in [6.07, 6.45) is 3.97. The van der Waals surface area contributed by atoms with E-state index in [1.807, 2.05) is 6.26 Å². The third-order valence-corrected chi connectivity index (χ3v) is 4.71. The molecule has 0 unspecified atom stereocenters. The summed E-state index contributed by atoms with van der Waals surface area (Å²) in [5, 5.41) is 0.840. The maximum atomic E-state index is 14.3. The molecule has 0 saturated carbocycles. The Hall–Kier alpha value is -1.34. The second-order valence-corrected chi connectivity index (χ2v) is 6.21. The van der Waals surface area contributed by atoms with Gasteiger partial charge in [-0.25, -0.2) is 14.4 Å². The molecule has 2 aromatic rings. The van der Waals surface area contributed by atoms with Gasteiger partial charge in [-0.15, -0.1) is 0 Å². The number of pyridine rings is 1. The fraction of sp³-hybridized carbons (Fsp3) is 0.462. The lowest BCUT2D eigenvalue weighted by Gasteiger charge is -2.23. The maximum absolute atomic E-state index is 14.3. The van der Waals surface area contributed by atoms with Gasteiger partial charge in [0.05, 0.1) is 6.04 Å². The van der Waals surface area contributed by atoms with Gasteiger partial charge in [-0.1, -0.05) is 23.4 Å². The molecule has 0 bridgehead atoms. The van der Waals surface area contributed by atoms with Crippen LogP contribution in [0.1, 0.15) is 12.8 Å². The predicted octanol–water partition coefficient (Wildman–Crippen LogP) is 2.90. The molecule has 2 aromatic heterocycles. The standard InChI is InChI=1S/C13H12ClFN4OS/c1-21-13-16-9-7-11(18-13)19-4-2-3-6(19)5-20-12(7)17-10(14)8(9)15/h6H,2-5H2,1H3/t6-/m1/s1. The lowest BCUT2D eigenvalue weighted by molar-refractivity contribution is 0.285. The number of rotatable bonds is 1. The summed E-state index contributed by atoms with van der Waals surface area (Å²) in [6.45, 7) is 1.40. The van der Waals surface area contributed by atoms with E-state index in [0.29, 0.717) is 28.8 Å². The minimum atomic E-state index is -0.615. The normalized spacial score (nSPS) is 20.3. The molecule has 4 heterocycles. The van der Waals surface area contributed by atoms with Crippen molar-refractivity contribution in [3.63, 3.8) is 0 Å². The Morgan fingerprint density at radius 1 is 1.38 bits per heavy atom. The highest BCUT2D eigenvalue weighted by Gasteiger charge is 2.34. The van der Waals surface area contributed by atoms with Gasteiger partial charge in [0, 0.05) is 6.54 Å². The van der Waals surface area contributed by atoms with Gasteiger partial charge in [0.1, 0.15) is 23.3 Å². The quantitative estimate of drug-likeness (QED) is 0.456. The summed E-state index contributed by atoms with van der Waals surface area (Å²) in [5.74, 6) is 0.423. The molecule has 1 saturated heterocycles. The molecule has 8 heteroatoms. The van der Waals surface area contributed by atoms with Crippen LogP contribution in [0.15, 0.2) is 5.16 Å². The number of fused-ring (bicyclic) bond motifs is 2. The molecule has 1 atom stereocenters. The molecule has 0 aromatic carbocycles. The van der Waals surface area contributed by atoms with E-state index in [0.717, 1.165) is 19.4 Å². The Morgan fingerprint density at radius 2 is 2.24 bits per heavy atom. The van der Waals surface area contributed by atoms with Gasteiger partial charge >= 0.3 is 0 Å². The summed E-state index contributed by atoms with van der Waals surface area (Å²) >= 11 is 7.25. The van der Waals surface area contributed by atoms with E-state index < -0.39 is 5.82 Å². The molecule has 21 heavy (non-hydrogen) atoms. The van der Waals surface area contributed by atoms with Crippen molar-refractivity contribution in [3.8, 4) is 5.88 Å². The third kappa shape index (κ3) is 1.94. The average Bonchev–Trinajstić information content (AvgIpc) is 2.91. The van der Waals surface area contributed by atoms with Gasteiger partial charge in [-0.3, -0.25) is 0 Å². The first-order chi connectivity index (χ1) is 10.2. The number of aromatic nitrogens is 3. The number of hydrogen-bond acceptors (Lipinski definition) is 6. The van der Waals surface area contributed by atoms with Gasteiger partial charge in [0.2, 0.25) is 5.88 Å². The number of anilines is 1. The van der Waals surface area contributed by atoms with E-state index in [9.17, 15) is 4.39 Å². The van der Waals surface area contributed by atoms with Crippen LogP contribution in [0.2, 0.25) is 5.15 Å².